The van der Waals surface area contributed by atoms with Crippen molar-refractivity contribution in [1.29, 1.82) is 0 Å². The average Bonchev–Trinajstić information content (AvgIpc) is 3.22. The lowest BCUT2D eigenvalue weighted by atomic mass is 10.2. The van der Waals surface area contributed by atoms with Gasteiger partial charge in [-0.2, -0.15) is 5.10 Å². The molecule has 3 aromatic rings. The maximum absolute atomic E-state index is 4.46. The molecule has 0 saturated carbocycles. The molecular formula is C20H25BrN6. The maximum atomic E-state index is 4.46. The van der Waals surface area contributed by atoms with E-state index in [2.05, 4.69) is 71.4 Å². The summed E-state index contributed by atoms with van der Waals surface area (Å²) in [5.41, 5.74) is 3.58. The molecule has 142 valence electrons. The first-order valence-electron chi connectivity index (χ1n) is 8.83. The summed E-state index contributed by atoms with van der Waals surface area (Å²) < 4.78 is 5.16. The first-order valence-corrected chi connectivity index (χ1v) is 9.62. The molecule has 7 heteroatoms. The Labute approximate surface area is 168 Å². The van der Waals surface area contributed by atoms with Crippen LogP contribution in [0.4, 0.5) is 0 Å². The predicted molar refractivity (Wildman–Crippen MR) is 113 cm³/mol. The van der Waals surface area contributed by atoms with E-state index in [4.69, 9.17) is 0 Å². The summed E-state index contributed by atoms with van der Waals surface area (Å²) in [7, 11) is 5.89. The quantitative estimate of drug-likeness (QED) is 0.484. The summed E-state index contributed by atoms with van der Waals surface area (Å²) in [6, 6.07) is 12.5. The van der Waals surface area contributed by atoms with E-state index in [1.807, 2.05) is 43.2 Å². The number of nitrogens with zero attached hydrogens (tertiary/aromatic N) is 5. The van der Waals surface area contributed by atoms with Crippen LogP contribution in [0.3, 0.4) is 0 Å². The van der Waals surface area contributed by atoms with Gasteiger partial charge in [0, 0.05) is 55.8 Å². The number of hydrogen-bond donors (Lipinski definition) is 1. The Morgan fingerprint density at radius 1 is 1.22 bits per heavy atom. The van der Waals surface area contributed by atoms with Gasteiger partial charge in [0.2, 0.25) is 0 Å². The monoisotopic (exact) mass is 428 g/mol. The number of aromatic nitrogens is 3. The van der Waals surface area contributed by atoms with Crippen LogP contribution in [0.2, 0.25) is 0 Å². The lowest BCUT2D eigenvalue weighted by Crippen LogP contribution is -2.38. The Kier molecular flexibility index (Phi) is 6.34. The van der Waals surface area contributed by atoms with E-state index in [-0.39, 0.29) is 0 Å². The molecule has 1 aromatic carbocycles. The van der Waals surface area contributed by atoms with Gasteiger partial charge in [-0.25, -0.2) is 0 Å². The number of benzene rings is 1. The van der Waals surface area contributed by atoms with Gasteiger partial charge in [0.05, 0.1) is 19.3 Å². The van der Waals surface area contributed by atoms with E-state index in [1.165, 1.54) is 11.3 Å². The largest absolute Gasteiger partial charge is 0.352 e. The molecule has 0 bridgehead atoms. The second-order valence-corrected chi connectivity index (χ2v) is 7.46. The summed E-state index contributed by atoms with van der Waals surface area (Å²) in [6.45, 7) is 2.23. The van der Waals surface area contributed by atoms with Gasteiger partial charge in [-0.05, 0) is 27.6 Å². The number of aliphatic imine (C=N–C) groups is 1. The minimum atomic E-state index is 0.683. The van der Waals surface area contributed by atoms with E-state index in [9.17, 15) is 0 Å². The lowest BCUT2D eigenvalue weighted by Gasteiger charge is -2.22. The zero-order valence-electron chi connectivity index (χ0n) is 15.9. The molecule has 0 fully saturated rings. The standard InChI is InChI=1S/C20H25BrN6/c1-22-20(26(3)15-19-9-18(21)14-25(19)2)23-10-17-11-24-27(13-17)12-16-7-5-4-6-8-16/h4-9,11,13-14H,10,12,15H2,1-3H3,(H,22,23). The highest BCUT2D eigenvalue weighted by atomic mass is 79.9. The minimum Gasteiger partial charge on any atom is -0.352 e. The highest BCUT2D eigenvalue weighted by Crippen LogP contribution is 2.15. The van der Waals surface area contributed by atoms with Crippen LogP contribution < -0.4 is 5.32 Å². The minimum absolute atomic E-state index is 0.683. The van der Waals surface area contributed by atoms with Crippen molar-refractivity contribution in [2.45, 2.75) is 19.6 Å². The van der Waals surface area contributed by atoms with Gasteiger partial charge in [0.15, 0.2) is 5.96 Å². The third-order valence-electron chi connectivity index (χ3n) is 4.37. The van der Waals surface area contributed by atoms with E-state index >= 15 is 0 Å². The fourth-order valence-electron chi connectivity index (χ4n) is 2.96. The number of halogens is 1. The second kappa shape index (κ2) is 8.90. The van der Waals surface area contributed by atoms with Crippen LogP contribution in [0.25, 0.3) is 0 Å². The Morgan fingerprint density at radius 2 is 2.00 bits per heavy atom. The van der Waals surface area contributed by atoms with E-state index in [0.717, 1.165) is 29.1 Å². The van der Waals surface area contributed by atoms with Crippen molar-refractivity contribution in [2.24, 2.45) is 12.0 Å². The number of rotatable bonds is 6. The summed E-state index contributed by atoms with van der Waals surface area (Å²) in [5.74, 6) is 0.850. The summed E-state index contributed by atoms with van der Waals surface area (Å²) in [5, 5.41) is 7.87. The Bertz CT molecular complexity index is 896. The van der Waals surface area contributed by atoms with Crippen molar-refractivity contribution in [1.82, 2.24) is 24.6 Å². The van der Waals surface area contributed by atoms with Crippen LogP contribution in [-0.2, 0) is 26.7 Å². The number of hydrogen-bond acceptors (Lipinski definition) is 2. The van der Waals surface area contributed by atoms with Gasteiger partial charge >= 0.3 is 0 Å². The van der Waals surface area contributed by atoms with Gasteiger partial charge in [-0.15, -0.1) is 0 Å². The Balaban J connectivity index is 1.55. The molecule has 3 rings (SSSR count). The molecule has 0 saturated heterocycles. The van der Waals surface area contributed by atoms with Crippen molar-refractivity contribution >= 4 is 21.9 Å². The van der Waals surface area contributed by atoms with Crippen molar-refractivity contribution in [3.63, 3.8) is 0 Å². The van der Waals surface area contributed by atoms with Crippen LogP contribution in [0.1, 0.15) is 16.8 Å². The van der Waals surface area contributed by atoms with Gasteiger partial charge in [0.25, 0.3) is 0 Å². The van der Waals surface area contributed by atoms with E-state index < -0.39 is 0 Å². The predicted octanol–water partition coefficient (Wildman–Crippen LogP) is 3.24. The number of aryl methyl sites for hydroxylation is 1. The zero-order valence-corrected chi connectivity index (χ0v) is 17.5. The van der Waals surface area contributed by atoms with Gasteiger partial charge in [-0.3, -0.25) is 9.67 Å². The molecule has 0 aliphatic carbocycles. The van der Waals surface area contributed by atoms with Gasteiger partial charge in [0.1, 0.15) is 0 Å². The topological polar surface area (TPSA) is 50.4 Å². The van der Waals surface area contributed by atoms with Crippen molar-refractivity contribution in [3.8, 4) is 0 Å². The molecule has 0 aliphatic heterocycles. The molecule has 27 heavy (non-hydrogen) atoms. The Hall–Kier alpha value is -2.54. The van der Waals surface area contributed by atoms with Crippen LogP contribution in [0.5, 0.6) is 0 Å². The third kappa shape index (κ3) is 5.23. The fraction of sp³-hybridized carbons (Fsp3) is 0.300. The highest BCUT2D eigenvalue weighted by Gasteiger charge is 2.10. The summed E-state index contributed by atoms with van der Waals surface area (Å²) in [6.07, 6.45) is 6.03. The van der Waals surface area contributed by atoms with Crippen molar-refractivity contribution in [2.75, 3.05) is 14.1 Å². The molecule has 6 nitrogen and oxygen atoms in total. The normalized spacial score (nSPS) is 11.6. The first kappa shape index (κ1) is 19.2. The SMILES string of the molecule is CN=C(NCc1cnn(Cc2ccccc2)c1)N(C)Cc1cc(Br)cn1C. The molecule has 0 amide bonds. The second-order valence-electron chi connectivity index (χ2n) is 6.55. The molecule has 1 N–H and O–H groups in total. The zero-order chi connectivity index (χ0) is 19.2. The van der Waals surface area contributed by atoms with Crippen LogP contribution in [0.15, 0.2) is 64.5 Å². The first-order chi connectivity index (χ1) is 13.0. The molecule has 0 aliphatic rings. The maximum Gasteiger partial charge on any atom is 0.194 e. The van der Waals surface area contributed by atoms with Gasteiger partial charge < -0.3 is 14.8 Å². The molecule has 2 heterocycles. The van der Waals surface area contributed by atoms with E-state index in [0.29, 0.717) is 6.54 Å². The highest BCUT2D eigenvalue weighted by molar-refractivity contribution is 9.10. The number of nitrogens with one attached hydrogen (secondary N) is 1. The van der Waals surface area contributed by atoms with Crippen molar-refractivity contribution < 1.29 is 0 Å². The summed E-state index contributed by atoms with van der Waals surface area (Å²) >= 11 is 3.52. The molecule has 0 atom stereocenters. The third-order valence-corrected chi connectivity index (χ3v) is 4.81. The van der Waals surface area contributed by atoms with Crippen LogP contribution >= 0.6 is 15.9 Å². The molecule has 2 aromatic heterocycles. The average molecular weight is 429 g/mol. The Morgan fingerprint density at radius 3 is 2.67 bits per heavy atom. The summed E-state index contributed by atoms with van der Waals surface area (Å²) in [4.78, 5) is 6.50. The van der Waals surface area contributed by atoms with Crippen LogP contribution in [-0.4, -0.2) is 39.3 Å². The van der Waals surface area contributed by atoms with Crippen LogP contribution in [0, 0.1) is 0 Å². The fourth-order valence-corrected chi connectivity index (χ4v) is 3.53. The molecule has 0 spiro atoms. The molecule has 0 unspecified atom stereocenters. The molecule has 0 radical (unpaired) electrons. The smallest absolute Gasteiger partial charge is 0.194 e. The number of guanidine groups is 1. The van der Waals surface area contributed by atoms with Crippen molar-refractivity contribution in [3.05, 3.63) is 76.3 Å². The lowest BCUT2D eigenvalue weighted by molar-refractivity contribution is 0.461. The van der Waals surface area contributed by atoms with E-state index in [1.54, 1.807) is 7.05 Å². The van der Waals surface area contributed by atoms with Gasteiger partial charge in [-0.1, -0.05) is 30.3 Å². The molecular weight excluding hydrogens is 404 g/mol.